The Labute approximate surface area is 197 Å². The Hall–Kier alpha value is -3.93. The van der Waals surface area contributed by atoms with Gasteiger partial charge in [0, 0.05) is 53.9 Å². The van der Waals surface area contributed by atoms with Crippen LogP contribution in [0.3, 0.4) is 0 Å². The van der Waals surface area contributed by atoms with Crippen molar-refractivity contribution in [3.05, 3.63) is 83.3 Å². The van der Waals surface area contributed by atoms with Crippen molar-refractivity contribution >= 4 is 39.3 Å². The molecule has 2 aromatic heterocycles. The Morgan fingerprint density at radius 2 is 2.03 bits per heavy atom. The SMILES string of the molecule is CC(=O)N1CC2=C(C1=O)[C@@H](c1ccc3ncccc3c1)c1cn(CC(C)C)c3cccc(c13)N2. The molecule has 4 heterocycles. The van der Waals surface area contributed by atoms with Crippen LogP contribution in [-0.4, -0.2) is 32.8 Å². The maximum Gasteiger partial charge on any atom is 0.259 e. The molecule has 0 radical (unpaired) electrons. The van der Waals surface area contributed by atoms with Gasteiger partial charge >= 0.3 is 0 Å². The quantitative estimate of drug-likeness (QED) is 0.475. The Bertz CT molecular complexity index is 1530. The molecule has 34 heavy (non-hydrogen) atoms. The van der Waals surface area contributed by atoms with Crippen molar-refractivity contribution in [3.63, 3.8) is 0 Å². The van der Waals surface area contributed by atoms with Crippen LogP contribution in [-0.2, 0) is 16.1 Å². The predicted molar refractivity (Wildman–Crippen MR) is 133 cm³/mol. The van der Waals surface area contributed by atoms with Crippen molar-refractivity contribution < 1.29 is 9.59 Å². The number of rotatable bonds is 3. The lowest BCUT2D eigenvalue weighted by atomic mass is 9.84. The van der Waals surface area contributed by atoms with E-state index in [1.54, 1.807) is 6.20 Å². The second kappa shape index (κ2) is 7.55. The van der Waals surface area contributed by atoms with Crippen LogP contribution in [0.5, 0.6) is 0 Å². The highest BCUT2D eigenvalue weighted by Gasteiger charge is 2.41. The first-order chi connectivity index (χ1) is 16.4. The minimum Gasteiger partial charge on any atom is -0.356 e. The Balaban J connectivity index is 1.64. The van der Waals surface area contributed by atoms with Crippen molar-refractivity contribution in [2.75, 3.05) is 11.9 Å². The van der Waals surface area contributed by atoms with Gasteiger partial charge in [-0.15, -0.1) is 0 Å². The number of hydrogen-bond acceptors (Lipinski definition) is 4. The number of amides is 2. The van der Waals surface area contributed by atoms with Gasteiger partial charge in [-0.1, -0.05) is 32.0 Å². The van der Waals surface area contributed by atoms with E-state index in [-0.39, 0.29) is 24.3 Å². The normalized spacial score (nSPS) is 17.5. The summed E-state index contributed by atoms with van der Waals surface area (Å²) in [6.07, 6.45) is 3.99. The lowest BCUT2D eigenvalue weighted by molar-refractivity contribution is -0.139. The number of fused-ring (bicyclic) bond motifs is 1. The van der Waals surface area contributed by atoms with E-state index in [2.05, 4.69) is 59.2 Å². The minimum atomic E-state index is -0.288. The molecule has 2 aliphatic rings. The number of aromatic nitrogens is 2. The maximum absolute atomic E-state index is 13.6. The lowest BCUT2D eigenvalue weighted by Gasteiger charge is -2.20. The van der Waals surface area contributed by atoms with Gasteiger partial charge in [-0.25, -0.2) is 0 Å². The molecule has 0 unspecified atom stereocenters. The van der Waals surface area contributed by atoms with E-state index in [4.69, 9.17) is 0 Å². The van der Waals surface area contributed by atoms with Crippen molar-refractivity contribution in [2.24, 2.45) is 5.92 Å². The molecule has 0 aliphatic carbocycles. The third-order valence-electron chi connectivity index (χ3n) is 6.84. The fraction of sp³-hybridized carbons (Fsp3) is 0.250. The molecule has 6 nitrogen and oxygen atoms in total. The standard InChI is InChI=1S/C28H26N4O2/c1-16(2)13-31-14-20-25(19-9-10-21-18(12-19)6-5-11-29-21)27-23(15-32(17(3)33)28(27)34)30-22-7-4-8-24(31)26(20)22/h4-12,14,16,25,30H,13,15H2,1-3H3/t25-/m0/s1. The first kappa shape index (κ1) is 20.7. The number of carbonyl (C=O) groups is 2. The van der Waals surface area contributed by atoms with Gasteiger partial charge in [0.15, 0.2) is 0 Å². The molecule has 2 aromatic carbocycles. The molecule has 2 amide bonds. The molecule has 1 N–H and O–H groups in total. The zero-order valence-electron chi connectivity index (χ0n) is 19.5. The highest BCUT2D eigenvalue weighted by molar-refractivity contribution is 6.11. The fourth-order valence-electron chi connectivity index (χ4n) is 5.44. The number of benzene rings is 2. The fourth-order valence-corrected chi connectivity index (χ4v) is 5.44. The van der Waals surface area contributed by atoms with Gasteiger partial charge in [-0.2, -0.15) is 0 Å². The van der Waals surface area contributed by atoms with E-state index in [1.165, 1.54) is 11.8 Å². The van der Waals surface area contributed by atoms with Crippen LogP contribution in [0.4, 0.5) is 5.69 Å². The molecule has 0 spiro atoms. The molecule has 0 bridgehead atoms. The number of nitrogens with zero attached hydrogens (tertiary/aromatic N) is 3. The smallest absolute Gasteiger partial charge is 0.259 e. The summed E-state index contributed by atoms with van der Waals surface area (Å²) in [7, 11) is 0. The highest BCUT2D eigenvalue weighted by Crippen LogP contribution is 2.46. The average molecular weight is 451 g/mol. The number of pyridine rings is 1. The van der Waals surface area contributed by atoms with Gasteiger partial charge in [0.25, 0.3) is 5.91 Å². The number of nitrogens with one attached hydrogen (secondary N) is 1. The largest absolute Gasteiger partial charge is 0.356 e. The molecule has 6 rings (SSSR count). The van der Waals surface area contributed by atoms with E-state index in [1.807, 2.05) is 24.3 Å². The van der Waals surface area contributed by atoms with Gasteiger partial charge in [-0.05, 0) is 47.4 Å². The summed E-state index contributed by atoms with van der Waals surface area (Å²) in [6.45, 7) is 7.01. The second-order valence-corrected chi connectivity index (χ2v) is 9.65. The summed E-state index contributed by atoms with van der Waals surface area (Å²) in [5.41, 5.74) is 6.61. The molecule has 6 heteroatoms. The Morgan fingerprint density at radius 1 is 1.18 bits per heavy atom. The van der Waals surface area contributed by atoms with Crippen molar-refractivity contribution in [1.29, 1.82) is 0 Å². The summed E-state index contributed by atoms with van der Waals surface area (Å²) in [5.74, 6) is -0.270. The van der Waals surface area contributed by atoms with Crippen molar-refractivity contribution in [3.8, 4) is 0 Å². The summed E-state index contributed by atoms with van der Waals surface area (Å²) in [5, 5.41) is 5.71. The molecule has 0 saturated heterocycles. The third-order valence-corrected chi connectivity index (χ3v) is 6.84. The molecular formula is C28H26N4O2. The minimum absolute atomic E-state index is 0.219. The zero-order chi connectivity index (χ0) is 23.6. The van der Waals surface area contributed by atoms with Gasteiger partial charge < -0.3 is 9.88 Å². The van der Waals surface area contributed by atoms with E-state index in [0.29, 0.717) is 11.5 Å². The van der Waals surface area contributed by atoms with Gasteiger partial charge in [0.1, 0.15) is 0 Å². The van der Waals surface area contributed by atoms with Crippen LogP contribution in [0.2, 0.25) is 0 Å². The number of imide groups is 1. The third kappa shape index (κ3) is 3.05. The van der Waals surface area contributed by atoms with Crippen LogP contribution >= 0.6 is 0 Å². The summed E-state index contributed by atoms with van der Waals surface area (Å²) >= 11 is 0. The van der Waals surface area contributed by atoms with Gasteiger partial charge in [-0.3, -0.25) is 19.5 Å². The van der Waals surface area contributed by atoms with E-state index in [9.17, 15) is 9.59 Å². The molecular weight excluding hydrogens is 424 g/mol. The van der Waals surface area contributed by atoms with Crippen LogP contribution in [0.15, 0.2) is 72.2 Å². The summed E-state index contributed by atoms with van der Waals surface area (Å²) in [6, 6.07) is 16.4. The van der Waals surface area contributed by atoms with Crippen LogP contribution in [0.1, 0.15) is 37.8 Å². The summed E-state index contributed by atoms with van der Waals surface area (Å²) in [4.78, 5) is 31.7. The molecule has 2 aliphatic heterocycles. The van der Waals surface area contributed by atoms with Gasteiger partial charge in [0.2, 0.25) is 5.91 Å². The maximum atomic E-state index is 13.6. The van der Waals surface area contributed by atoms with Crippen LogP contribution in [0, 0.1) is 5.92 Å². The number of anilines is 1. The van der Waals surface area contributed by atoms with E-state index >= 15 is 0 Å². The zero-order valence-corrected chi connectivity index (χ0v) is 19.5. The van der Waals surface area contributed by atoms with Crippen molar-refractivity contribution in [2.45, 2.75) is 33.2 Å². The number of hydrogen-bond donors (Lipinski definition) is 1. The van der Waals surface area contributed by atoms with Crippen molar-refractivity contribution in [1.82, 2.24) is 14.5 Å². The summed E-state index contributed by atoms with van der Waals surface area (Å²) < 4.78 is 2.30. The lowest BCUT2D eigenvalue weighted by Crippen LogP contribution is -2.33. The van der Waals surface area contributed by atoms with Crippen LogP contribution in [0.25, 0.3) is 21.8 Å². The molecule has 1 atom stereocenters. The Morgan fingerprint density at radius 3 is 2.82 bits per heavy atom. The first-order valence-electron chi connectivity index (χ1n) is 11.7. The molecule has 0 saturated carbocycles. The Kier molecular flexibility index (Phi) is 4.59. The highest BCUT2D eigenvalue weighted by atomic mass is 16.2. The molecule has 0 fully saturated rings. The van der Waals surface area contributed by atoms with Crippen LogP contribution < -0.4 is 5.32 Å². The molecule has 170 valence electrons. The second-order valence-electron chi connectivity index (χ2n) is 9.65. The van der Waals surface area contributed by atoms with E-state index < -0.39 is 0 Å². The number of carbonyl (C=O) groups excluding carboxylic acids is 2. The topological polar surface area (TPSA) is 67.2 Å². The van der Waals surface area contributed by atoms with Gasteiger partial charge in [0.05, 0.1) is 23.2 Å². The van der Waals surface area contributed by atoms with E-state index in [0.717, 1.165) is 50.9 Å². The molecule has 4 aromatic rings. The monoisotopic (exact) mass is 450 g/mol. The predicted octanol–water partition coefficient (Wildman–Crippen LogP) is 5.05. The average Bonchev–Trinajstić information content (AvgIpc) is 3.28. The first-order valence-corrected chi connectivity index (χ1v) is 11.7.